The maximum atomic E-state index is 11.7. The molecular weight excluding hydrogens is 292 g/mol. The Morgan fingerprint density at radius 2 is 1.82 bits per heavy atom. The van der Waals surface area contributed by atoms with E-state index in [9.17, 15) is 4.79 Å². The fraction of sp³-hybridized carbons (Fsp3) is 0.556. The van der Waals surface area contributed by atoms with Crippen LogP contribution in [0.2, 0.25) is 0 Å². The van der Waals surface area contributed by atoms with Crippen LogP contribution in [0.1, 0.15) is 6.42 Å². The lowest BCUT2D eigenvalue weighted by atomic mass is 10.4. The lowest BCUT2D eigenvalue weighted by Gasteiger charge is -2.14. The molecule has 0 saturated carbocycles. The third-order valence-electron chi connectivity index (χ3n) is 2.27. The summed E-state index contributed by atoms with van der Waals surface area (Å²) in [7, 11) is 2.88. The van der Waals surface area contributed by atoms with Gasteiger partial charge in [-0.15, -0.1) is 4.98 Å². The van der Waals surface area contributed by atoms with Gasteiger partial charge in [0.2, 0.25) is 11.9 Å². The van der Waals surface area contributed by atoms with Gasteiger partial charge in [0.05, 0.1) is 14.2 Å². The number of aromatic nitrogens is 3. The van der Waals surface area contributed by atoms with Gasteiger partial charge in [-0.25, -0.2) is 0 Å². The molecule has 1 unspecified atom stereocenters. The predicted octanol–water partition coefficient (Wildman–Crippen LogP) is 0.389. The van der Waals surface area contributed by atoms with E-state index in [1.165, 1.54) is 19.1 Å². The number of carbonyl (C=O) groups excluding carboxylic acids is 1. The van der Waals surface area contributed by atoms with E-state index in [0.29, 0.717) is 13.0 Å². The third kappa shape index (κ3) is 2.46. The van der Waals surface area contributed by atoms with Crippen molar-refractivity contribution in [2.24, 2.45) is 0 Å². The first-order chi connectivity index (χ1) is 8.13. The number of hydrogen-bond donors (Lipinski definition) is 0. The topological polar surface area (TPSA) is 77.4 Å². The van der Waals surface area contributed by atoms with Gasteiger partial charge in [0.1, 0.15) is 0 Å². The fourth-order valence-electron chi connectivity index (χ4n) is 1.49. The second kappa shape index (κ2) is 4.82. The first-order valence-corrected chi connectivity index (χ1v) is 5.84. The van der Waals surface area contributed by atoms with Crippen LogP contribution in [0.3, 0.4) is 0 Å². The molecule has 0 bridgehead atoms. The maximum absolute atomic E-state index is 11.7. The molecule has 0 radical (unpaired) electrons. The summed E-state index contributed by atoms with van der Waals surface area (Å²) < 4.78 is 9.85. The lowest BCUT2D eigenvalue weighted by Crippen LogP contribution is -2.27. The van der Waals surface area contributed by atoms with E-state index in [1.807, 2.05) is 0 Å². The van der Waals surface area contributed by atoms with Crippen molar-refractivity contribution in [3.63, 3.8) is 0 Å². The number of ether oxygens (including phenoxy) is 2. The molecule has 1 aliphatic heterocycles. The molecule has 7 nitrogen and oxygen atoms in total. The van der Waals surface area contributed by atoms with Crippen molar-refractivity contribution in [2.45, 2.75) is 11.2 Å². The molecule has 92 valence electrons. The summed E-state index contributed by atoms with van der Waals surface area (Å²) >= 11 is 3.39. The minimum atomic E-state index is -0.0396. The zero-order valence-corrected chi connectivity index (χ0v) is 11.0. The molecule has 1 aromatic rings. The summed E-state index contributed by atoms with van der Waals surface area (Å²) in [6.07, 6.45) is 0.427. The van der Waals surface area contributed by atoms with Gasteiger partial charge >= 0.3 is 12.0 Å². The zero-order valence-electron chi connectivity index (χ0n) is 9.38. The van der Waals surface area contributed by atoms with E-state index in [2.05, 4.69) is 30.9 Å². The highest BCUT2D eigenvalue weighted by atomic mass is 79.9. The quantitative estimate of drug-likeness (QED) is 0.752. The van der Waals surface area contributed by atoms with E-state index < -0.39 is 0 Å². The summed E-state index contributed by atoms with van der Waals surface area (Å²) in [5, 5.41) is 0. The SMILES string of the molecule is COc1nc(OC)nc(N2CC(Br)CC2=O)n1. The number of amides is 1. The molecule has 1 aromatic heterocycles. The van der Waals surface area contributed by atoms with E-state index in [1.54, 1.807) is 0 Å². The molecule has 1 saturated heterocycles. The average molecular weight is 303 g/mol. The number of alkyl halides is 1. The van der Waals surface area contributed by atoms with Crippen molar-refractivity contribution < 1.29 is 14.3 Å². The molecule has 2 heterocycles. The largest absolute Gasteiger partial charge is 0.467 e. The van der Waals surface area contributed by atoms with E-state index >= 15 is 0 Å². The molecular formula is C9H11BrN4O3. The predicted molar refractivity (Wildman–Crippen MR) is 62.6 cm³/mol. The van der Waals surface area contributed by atoms with Crippen LogP contribution in [0.25, 0.3) is 0 Å². The smallest absolute Gasteiger partial charge is 0.324 e. The Morgan fingerprint density at radius 1 is 1.24 bits per heavy atom. The lowest BCUT2D eigenvalue weighted by molar-refractivity contribution is -0.117. The minimum Gasteiger partial charge on any atom is -0.467 e. The first kappa shape index (κ1) is 12.0. The van der Waals surface area contributed by atoms with E-state index in [-0.39, 0.29) is 28.7 Å². The van der Waals surface area contributed by atoms with Gasteiger partial charge in [-0.05, 0) is 0 Å². The Bertz CT molecular complexity index is 420. The number of methoxy groups -OCH3 is 2. The Labute approximate surface area is 106 Å². The summed E-state index contributed by atoms with van der Waals surface area (Å²) in [5.41, 5.74) is 0. The van der Waals surface area contributed by atoms with Crippen LogP contribution in [-0.2, 0) is 4.79 Å². The standard InChI is InChI=1S/C9H11BrN4O3/c1-16-8-11-7(12-9(13-8)17-2)14-4-5(10)3-6(14)15/h5H,3-4H2,1-2H3. The number of halogens is 1. The zero-order chi connectivity index (χ0) is 12.4. The van der Waals surface area contributed by atoms with Crippen molar-refractivity contribution in [1.82, 2.24) is 15.0 Å². The molecule has 1 atom stereocenters. The molecule has 17 heavy (non-hydrogen) atoms. The highest BCUT2D eigenvalue weighted by molar-refractivity contribution is 9.09. The number of nitrogens with zero attached hydrogens (tertiary/aromatic N) is 4. The maximum Gasteiger partial charge on any atom is 0.324 e. The molecule has 1 fully saturated rings. The summed E-state index contributed by atoms with van der Waals surface area (Å²) in [5.74, 6) is 0.211. The van der Waals surface area contributed by atoms with E-state index in [0.717, 1.165) is 0 Å². The minimum absolute atomic E-state index is 0.0396. The normalized spacial score (nSPS) is 19.6. The van der Waals surface area contributed by atoms with Gasteiger partial charge in [-0.3, -0.25) is 9.69 Å². The van der Waals surface area contributed by atoms with Crippen molar-refractivity contribution in [1.29, 1.82) is 0 Å². The summed E-state index contributed by atoms with van der Waals surface area (Å²) in [6, 6.07) is 0.246. The number of carbonyl (C=O) groups is 1. The Balaban J connectivity index is 2.34. The molecule has 1 amide bonds. The van der Waals surface area contributed by atoms with Crippen LogP contribution in [0, 0.1) is 0 Å². The Morgan fingerprint density at radius 3 is 2.24 bits per heavy atom. The molecule has 2 rings (SSSR count). The van der Waals surface area contributed by atoms with Crippen molar-refractivity contribution in [2.75, 3.05) is 25.7 Å². The number of rotatable bonds is 3. The monoisotopic (exact) mass is 302 g/mol. The highest BCUT2D eigenvalue weighted by Gasteiger charge is 2.31. The van der Waals surface area contributed by atoms with Crippen molar-refractivity contribution >= 4 is 27.8 Å². The van der Waals surface area contributed by atoms with Crippen LogP contribution >= 0.6 is 15.9 Å². The van der Waals surface area contributed by atoms with Crippen molar-refractivity contribution in [3.8, 4) is 12.0 Å². The highest BCUT2D eigenvalue weighted by Crippen LogP contribution is 2.24. The molecule has 0 N–H and O–H groups in total. The van der Waals surface area contributed by atoms with Gasteiger partial charge in [-0.1, -0.05) is 15.9 Å². The molecule has 0 aliphatic carbocycles. The molecule has 8 heteroatoms. The van der Waals surface area contributed by atoms with Crippen molar-refractivity contribution in [3.05, 3.63) is 0 Å². The van der Waals surface area contributed by atoms with Crippen LogP contribution in [-0.4, -0.2) is 46.5 Å². The van der Waals surface area contributed by atoms with Crippen LogP contribution in [0.15, 0.2) is 0 Å². The van der Waals surface area contributed by atoms with E-state index in [4.69, 9.17) is 9.47 Å². The second-order valence-corrected chi connectivity index (χ2v) is 4.71. The Hall–Kier alpha value is -1.44. The Kier molecular flexibility index (Phi) is 3.41. The number of hydrogen-bond acceptors (Lipinski definition) is 6. The van der Waals surface area contributed by atoms with Gasteiger partial charge < -0.3 is 9.47 Å². The molecule has 1 aliphatic rings. The molecule has 0 aromatic carbocycles. The van der Waals surface area contributed by atoms with Gasteiger partial charge in [0.15, 0.2) is 0 Å². The van der Waals surface area contributed by atoms with Crippen LogP contribution in [0.4, 0.5) is 5.95 Å². The summed E-state index contributed by atoms with van der Waals surface area (Å²) in [4.78, 5) is 25.2. The average Bonchev–Trinajstić information content (AvgIpc) is 2.67. The number of anilines is 1. The van der Waals surface area contributed by atoms with Crippen LogP contribution in [0.5, 0.6) is 12.0 Å². The third-order valence-corrected chi connectivity index (χ3v) is 2.88. The fourth-order valence-corrected chi connectivity index (χ4v) is 2.06. The van der Waals surface area contributed by atoms with Gasteiger partial charge in [-0.2, -0.15) is 9.97 Å². The van der Waals surface area contributed by atoms with Crippen LogP contribution < -0.4 is 14.4 Å². The van der Waals surface area contributed by atoms with Gasteiger partial charge in [0.25, 0.3) is 0 Å². The first-order valence-electron chi connectivity index (χ1n) is 4.92. The second-order valence-electron chi connectivity index (χ2n) is 3.41. The molecule has 0 spiro atoms. The van der Waals surface area contributed by atoms with Gasteiger partial charge in [0, 0.05) is 17.8 Å². The summed E-state index contributed by atoms with van der Waals surface area (Å²) in [6.45, 7) is 0.523.